The lowest BCUT2D eigenvalue weighted by atomic mass is 9.85. The highest BCUT2D eigenvalue weighted by Crippen LogP contribution is 2.45. The molecule has 0 bridgehead atoms. The largest absolute Gasteiger partial charge is 0.307 e. The summed E-state index contributed by atoms with van der Waals surface area (Å²) >= 11 is 0. The zero-order valence-electron chi connectivity index (χ0n) is 21.1. The van der Waals surface area contributed by atoms with Gasteiger partial charge in [-0.2, -0.15) is 0 Å². The Labute approximate surface area is 195 Å². The SMILES string of the molecule is Cc1cc(C)c2c(c1C)c1c3c(cc[n+]1C)cc(CC(C)(C)C)c1c4cccc(C)c4n2c13. The fraction of sp³-hybridized carbons (Fsp3) is 0.323. The van der Waals surface area contributed by atoms with Gasteiger partial charge in [0.2, 0.25) is 5.52 Å². The molecule has 0 atom stereocenters. The highest BCUT2D eigenvalue weighted by molar-refractivity contribution is 6.28. The second-order valence-electron chi connectivity index (χ2n) is 11.4. The number of hydrogen-bond donors (Lipinski definition) is 0. The molecule has 3 heterocycles. The minimum absolute atomic E-state index is 0.215. The fourth-order valence-electron chi connectivity index (χ4n) is 6.25. The molecule has 0 spiro atoms. The van der Waals surface area contributed by atoms with E-state index in [1.165, 1.54) is 76.8 Å². The number of nitrogens with zero attached hydrogens (tertiary/aromatic N) is 2. The lowest BCUT2D eigenvalue weighted by molar-refractivity contribution is -0.643. The van der Waals surface area contributed by atoms with Crippen LogP contribution >= 0.6 is 0 Å². The third-order valence-electron chi connectivity index (χ3n) is 7.63. The van der Waals surface area contributed by atoms with Crippen LogP contribution in [0.4, 0.5) is 0 Å². The van der Waals surface area contributed by atoms with Crippen molar-refractivity contribution in [1.82, 2.24) is 4.40 Å². The summed E-state index contributed by atoms with van der Waals surface area (Å²) in [7, 11) is 2.20. The average Bonchev–Trinajstić information content (AvgIpc) is 3.08. The van der Waals surface area contributed by atoms with Crippen molar-refractivity contribution in [3.63, 3.8) is 0 Å². The first kappa shape index (κ1) is 20.5. The van der Waals surface area contributed by atoms with Crippen molar-refractivity contribution in [2.45, 2.75) is 54.9 Å². The Kier molecular flexibility index (Phi) is 4.01. The summed E-state index contributed by atoms with van der Waals surface area (Å²) in [6, 6.07) is 14.0. The molecule has 6 aromatic rings. The zero-order chi connectivity index (χ0) is 23.4. The van der Waals surface area contributed by atoms with Gasteiger partial charge in [-0.15, -0.1) is 0 Å². The van der Waals surface area contributed by atoms with Crippen LogP contribution in [0.5, 0.6) is 0 Å². The van der Waals surface area contributed by atoms with Gasteiger partial charge in [-0.05, 0) is 78.8 Å². The molecule has 0 saturated heterocycles. The van der Waals surface area contributed by atoms with Crippen LogP contribution in [-0.4, -0.2) is 4.40 Å². The monoisotopic (exact) mass is 433 g/mol. The molecule has 0 aliphatic rings. The summed E-state index contributed by atoms with van der Waals surface area (Å²) in [5.41, 5.74) is 12.6. The lowest BCUT2D eigenvalue weighted by Gasteiger charge is -2.21. The predicted molar refractivity (Wildman–Crippen MR) is 142 cm³/mol. The van der Waals surface area contributed by atoms with E-state index in [0.717, 1.165) is 6.42 Å². The average molecular weight is 434 g/mol. The molecule has 2 nitrogen and oxygen atoms in total. The Hall–Kier alpha value is -3.13. The first-order valence-corrected chi connectivity index (χ1v) is 12.1. The zero-order valence-corrected chi connectivity index (χ0v) is 21.1. The summed E-state index contributed by atoms with van der Waals surface area (Å²) in [5, 5.41) is 6.95. The van der Waals surface area contributed by atoms with Gasteiger partial charge in [0, 0.05) is 16.8 Å². The normalized spacial score (nSPS) is 13.0. The molecule has 0 unspecified atom stereocenters. The van der Waals surface area contributed by atoms with E-state index in [9.17, 15) is 0 Å². The first-order chi connectivity index (χ1) is 15.6. The van der Waals surface area contributed by atoms with Crippen molar-refractivity contribution < 1.29 is 4.57 Å². The number of benzene rings is 3. The number of para-hydroxylation sites is 1. The van der Waals surface area contributed by atoms with Crippen molar-refractivity contribution in [3.05, 3.63) is 70.4 Å². The third-order valence-corrected chi connectivity index (χ3v) is 7.63. The molecule has 3 aromatic carbocycles. The second-order valence-corrected chi connectivity index (χ2v) is 11.4. The minimum atomic E-state index is 0.215. The number of pyridine rings is 2. The topological polar surface area (TPSA) is 8.29 Å². The van der Waals surface area contributed by atoms with E-state index >= 15 is 0 Å². The molecule has 3 aromatic heterocycles. The van der Waals surface area contributed by atoms with E-state index in [1.54, 1.807) is 0 Å². The van der Waals surface area contributed by atoms with Crippen LogP contribution in [0.1, 0.15) is 48.6 Å². The van der Waals surface area contributed by atoms with Crippen molar-refractivity contribution in [1.29, 1.82) is 0 Å². The summed E-state index contributed by atoms with van der Waals surface area (Å²) in [6.45, 7) is 16.1. The van der Waals surface area contributed by atoms with Crippen LogP contribution < -0.4 is 4.57 Å². The van der Waals surface area contributed by atoms with Gasteiger partial charge in [-0.1, -0.05) is 45.0 Å². The second kappa shape index (κ2) is 6.47. The lowest BCUT2D eigenvalue weighted by Crippen LogP contribution is -2.29. The maximum absolute atomic E-state index is 2.61. The van der Waals surface area contributed by atoms with Crippen LogP contribution in [0.3, 0.4) is 0 Å². The van der Waals surface area contributed by atoms with Crippen LogP contribution in [0.2, 0.25) is 0 Å². The molecule has 0 N–H and O–H groups in total. The number of rotatable bonds is 1. The van der Waals surface area contributed by atoms with Gasteiger partial charge in [-0.25, -0.2) is 4.57 Å². The number of aromatic nitrogens is 2. The number of hydrogen-bond acceptors (Lipinski definition) is 0. The standard InChI is InChI=1S/C31H33N2/c1-17-10-9-11-23-25-22(16-31(5,6)7)15-21-12-13-32(8)29-24-20(4)18(2)14-19(3)28(24)33(27(17)23)30(25)26(21)29/h9-15H,16H2,1-8H3/q+1. The van der Waals surface area contributed by atoms with Crippen molar-refractivity contribution in [3.8, 4) is 0 Å². The Morgan fingerprint density at radius 1 is 0.788 bits per heavy atom. The van der Waals surface area contributed by atoms with Crippen LogP contribution in [0.25, 0.3) is 49.0 Å². The van der Waals surface area contributed by atoms with Crippen molar-refractivity contribution >= 4 is 49.0 Å². The summed E-state index contributed by atoms with van der Waals surface area (Å²) < 4.78 is 4.95. The van der Waals surface area contributed by atoms with Gasteiger partial charge < -0.3 is 4.40 Å². The maximum Gasteiger partial charge on any atom is 0.224 e. The van der Waals surface area contributed by atoms with Gasteiger partial charge in [0.25, 0.3) is 0 Å². The Morgan fingerprint density at radius 3 is 2.27 bits per heavy atom. The smallest absolute Gasteiger partial charge is 0.224 e. The molecular weight excluding hydrogens is 400 g/mol. The Morgan fingerprint density at radius 2 is 1.55 bits per heavy atom. The molecule has 0 aliphatic carbocycles. The highest BCUT2D eigenvalue weighted by atomic mass is 15.0. The van der Waals surface area contributed by atoms with Crippen LogP contribution in [0.15, 0.2) is 42.6 Å². The van der Waals surface area contributed by atoms with E-state index in [0.29, 0.717) is 0 Å². The summed E-state index contributed by atoms with van der Waals surface area (Å²) in [6.07, 6.45) is 3.30. The Balaban J connectivity index is 2.08. The molecule has 0 saturated carbocycles. The first-order valence-electron chi connectivity index (χ1n) is 12.1. The third kappa shape index (κ3) is 2.64. The quantitative estimate of drug-likeness (QED) is 0.143. The molecule has 166 valence electrons. The molecule has 0 radical (unpaired) electrons. The van der Waals surface area contributed by atoms with E-state index in [4.69, 9.17) is 0 Å². The van der Waals surface area contributed by atoms with Crippen molar-refractivity contribution in [2.75, 3.05) is 0 Å². The number of fused-ring (bicyclic) bond motifs is 6. The fourth-order valence-corrected chi connectivity index (χ4v) is 6.25. The summed E-state index contributed by atoms with van der Waals surface area (Å²) in [4.78, 5) is 0. The maximum atomic E-state index is 2.61. The molecule has 0 amide bonds. The molecule has 0 fully saturated rings. The minimum Gasteiger partial charge on any atom is -0.307 e. The Bertz CT molecular complexity index is 1760. The molecule has 0 aliphatic heterocycles. The molecule has 33 heavy (non-hydrogen) atoms. The molecular formula is C31H33N2+. The van der Waals surface area contributed by atoms with E-state index in [2.05, 4.69) is 107 Å². The van der Waals surface area contributed by atoms with Gasteiger partial charge in [0.15, 0.2) is 6.20 Å². The van der Waals surface area contributed by atoms with E-state index < -0.39 is 0 Å². The van der Waals surface area contributed by atoms with Crippen LogP contribution in [-0.2, 0) is 13.5 Å². The van der Waals surface area contributed by atoms with Crippen molar-refractivity contribution in [2.24, 2.45) is 12.5 Å². The molecule has 6 rings (SSSR count). The van der Waals surface area contributed by atoms with Gasteiger partial charge in [-0.3, -0.25) is 0 Å². The summed E-state index contributed by atoms with van der Waals surface area (Å²) in [5.74, 6) is 0. The van der Waals surface area contributed by atoms with Gasteiger partial charge in [0.05, 0.1) is 27.3 Å². The van der Waals surface area contributed by atoms with E-state index in [-0.39, 0.29) is 5.41 Å². The van der Waals surface area contributed by atoms with E-state index in [1.807, 2.05) is 0 Å². The number of aryl methyl sites for hydroxylation is 5. The van der Waals surface area contributed by atoms with Gasteiger partial charge >= 0.3 is 0 Å². The van der Waals surface area contributed by atoms with Crippen LogP contribution in [0, 0.1) is 33.1 Å². The van der Waals surface area contributed by atoms with Gasteiger partial charge in [0.1, 0.15) is 7.05 Å². The highest BCUT2D eigenvalue weighted by Gasteiger charge is 2.28. The molecule has 2 heteroatoms. The predicted octanol–water partition coefficient (Wildman–Crippen LogP) is 7.64.